The lowest BCUT2D eigenvalue weighted by molar-refractivity contribution is -0.136. The van der Waals surface area contributed by atoms with E-state index in [1.165, 1.54) is 6.92 Å². The summed E-state index contributed by atoms with van der Waals surface area (Å²) in [7, 11) is 0. The van der Waals surface area contributed by atoms with Crippen molar-refractivity contribution in [2.45, 2.75) is 32.2 Å². The molecule has 0 atom stereocenters. The van der Waals surface area contributed by atoms with Crippen LogP contribution >= 0.6 is 0 Å². The van der Waals surface area contributed by atoms with Crippen LogP contribution in [0.2, 0.25) is 0 Å². The Hall–Kier alpha value is -2.63. The molecule has 1 heterocycles. The number of aliphatic carboxylic acids is 1. The molecule has 2 N–H and O–H groups in total. The Balaban J connectivity index is 2.35. The number of hydrogen-bond acceptors (Lipinski definition) is 3. The van der Waals surface area contributed by atoms with Crippen molar-refractivity contribution < 1.29 is 19.8 Å². The average Bonchev–Trinajstić information content (AvgIpc) is 3.26. The van der Waals surface area contributed by atoms with Crippen LogP contribution in [-0.4, -0.2) is 26.7 Å². The number of nitrogens with zero attached hydrogens (tertiary/aromatic N) is 1. The number of hydrogen-bond donors (Lipinski definition) is 2. The molecule has 114 valence electrons. The van der Waals surface area contributed by atoms with Crippen LogP contribution < -0.4 is 5.43 Å². The first kappa shape index (κ1) is 14.3. The third-order valence-corrected chi connectivity index (χ3v) is 3.97. The van der Waals surface area contributed by atoms with Gasteiger partial charge in [0.15, 0.2) is 5.43 Å². The Morgan fingerprint density at radius 2 is 1.95 bits per heavy atom. The van der Waals surface area contributed by atoms with Gasteiger partial charge in [-0.15, -0.1) is 0 Å². The number of rotatable bonds is 4. The second kappa shape index (κ2) is 4.98. The quantitative estimate of drug-likeness (QED) is 0.900. The monoisotopic (exact) mass is 301 g/mol. The molecule has 0 radical (unpaired) electrons. The molecule has 3 rings (SSSR count). The SMILES string of the molecule is Cc1c(C(=O)O)n(C2CC2)c2ccc(CC(=O)O)cc2c1=O. The molecule has 0 aliphatic heterocycles. The first-order valence-corrected chi connectivity index (χ1v) is 7.03. The van der Waals surface area contributed by atoms with Crippen LogP contribution in [0.25, 0.3) is 10.9 Å². The first-order chi connectivity index (χ1) is 10.4. The lowest BCUT2D eigenvalue weighted by atomic mass is 10.0. The Kier molecular flexibility index (Phi) is 3.24. The molecule has 0 saturated heterocycles. The van der Waals surface area contributed by atoms with Gasteiger partial charge in [-0.2, -0.15) is 0 Å². The summed E-state index contributed by atoms with van der Waals surface area (Å²) in [5.41, 5.74) is 0.966. The van der Waals surface area contributed by atoms with E-state index in [2.05, 4.69) is 0 Å². The van der Waals surface area contributed by atoms with Crippen LogP contribution in [0.1, 0.15) is 40.5 Å². The zero-order valence-electron chi connectivity index (χ0n) is 12.0. The van der Waals surface area contributed by atoms with E-state index in [1.54, 1.807) is 22.8 Å². The molecule has 0 amide bonds. The van der Waals surface area contributed by atoms with Gasteiger partial charge in [0.25, 0.3) is 0 Å². The average molecular weight is 301 g/mol. The van der Waals surface area contributed by atoms with E-state index < -0.39 is 11.9 Å². The number of benzene rings is 1. The van der Waals surface area contributed by atoms with Gasteiger partial charge in [0, 0.05) is 17.0 Å². The topological polar surface area (TPSA) is 96.6 Å². The second-order valence-electron chi connectivity index (χ2n) is 5.63. The van der Waals surface area contributed by atoms with Crippen molar-refractivity contribution in [2.75, 3.05) is 0 Å². The number of carboxylic acid groups (broad SMARTS) is 2. The van der Waals surface area contributed by atoms with Gasteiger partial charge in [-0.05, 0) is 37.5 Å². The summed E-state index contributed by atoms with van der Waals surface area (Å²) in [6, 6.07) is 4.94. The summed E-state index contributed by atoms with van der Waals surface area (Å²) in [6.45, 7) is 1.51. The van der Waals surface area contributed by atoms with Crippen LogP contribution in [0.15, 0.2) is 23.0 Å². The van der Waals surface area contributed by atoms with Crippen molar-refractivity contribution in [3.63, 3.8) is 0 Å². The Labute approximate surface area is 125 Å². The lowest BCUT2D eigenvalue weighted by Gasteiger charge is -2.16. The van der Waals surface area contributed by atoms with Crippen LogP contribution in [0.4, 0.5) is 0 Å². The van der Waals surface area contributed by atoms with Crippen molar-refractivity contribution in [3.8, 4) is 0 Å². The molecule has 22 heavy (non-hydrogen) atoms. The second-order valence-corrected chi connectivity index (χ2v) is 5.63. The summed E-state index contributed by atoms with van der Waals surface area (Å²) in [5.74, 6) is -2.08. The Morgan fingerprint density at radius 1 is 1.27 bits per heavy atom. The van der Waals surface area contributed by atoms with E-state index >= 15 is 0 Å². The molecule has 6 heteroatoms. The van der Waals surface area contributed by atoms with Crippen LogP contribution in [0.5, 0.6) is 0 Å². The molecular formula is C16H15NO5. The summed E-state index contributed by atoms with van der Waals surface area (Å²) >= 11 is 0. The molecule has 1 aliphatic rings. The minimum Gasteiger partial charge on any atom is -0.481 e. The highest BCUT2D eigenvalue weighted by Crippen LogP contribution is 2.38. The zero-order valence-corrected chi connectivity index (χ0v) is 12.0. The van der Waals surface area contributed by atoms with E-state index in [9.17, 15) is 19.5 Å². The standard InChI is InChI=1S/C16H15NO5/c1-8-14(16(21)22)17(10-3-4-10)12-5-2-9(7-13(18)19)6-11(12)15(8)20/h2,5-6,10H,3-4,7H2,1H3,(H,18,19)(H,21,22). The highest BCUT2D eigenvalue weighted by atomic mass is 16.4. The molecule has 1 aromatic heterocycles. The van der Waals surface area contributed by atoms with Gasteiger partial charge in [-0.25, -0.2) is 4.79 Å². The number of fused-ring (bicyclic) bond motifs is 1. The molecule has 1 aliphatic carbocycles. The number of aromatic nitrogens is 1. The maximum atomic E-state index is 12.5. The minimum atomic E-state index is -1.11. The van der Waals surface area contributed by atoms with E-state index in [4.69, 9.17) is 5.11 Å². The molecular weight excluding hydrogens is 286 g/mol. The Morgan fingerprint density at radius 3 is 2.50 bits per heavy atom. The van der Waals surface area contributed by atoms with Crippen LogP contribution in [0, 0.1) is 6.92 Å². The third kappa shape index (κ3) is 2.26. The van der Waals surface area contributed by atoms with Gasteiger partial charge in [0.2, 0.25) is 0 Å². The zero-order chi connectivity index (χ0) is 16.0. The summed E-state index contributed by atoms with van der Waals surface area (Å²) < 4.78 is 1.71. The van der Waals surface area contributed by atoms with Crippen LogP contribution in [0.3, 0.4) is 0 Å². The Bertz CT molecular complexity index is 861. The van der Waals surface area contributed by atoms with Crippen molar-refractivity contribution in [1.82, 2.24) is 4.57 Å². The fraction of sp³-hybridized carbons (Fsp3) is 0.312. The normalized spacial score (nSPS) is 14.2. The molecule has 1 fully saturated rings. The number of aromatic carboxylic acids is 1. The van der Waals surface area contributed by atoms with Gasteiger partial charge in [-0.1, -0.05) is 6.07 Å². The molecule has 1 saturated carbocycles. The van der Waals surface area contributed by atoms with E-state index in [-0.39, 0.29) is 29.1 Å². The molecule has 0 unspecified atom stereocenters. The fourth-order valence-corrected chi connectivity index (χ4v) is 2.85. The number of carbonyl (C=O) groups is 2. The molecule has 1 aromatic carbocycles. The summed E-state index contributed by atoms with van der Waals surface area (Å²) in [6.07, 6.45) is 1.60. The molecule has 0 spiro atoms. The number of pyridine rings is 1. The molecule has 0 bridgehead atoms. The van der Waals surface area contributed by atoms with Crippen molar-refractivity contribution >= 4 is 22.8 Å². The third-order valence-electron chi connectivity index (χ3n) is 3.97. The van der Waals surface area contributed by atoms with Gasteiger partial charge in [0.1, 0.15) is 5.69 Å². The van der Waals surface area contributed by atoms with Crippen LogP contribution in [-0.2, 0) is 11.2 Å². The van der Waals surface area contributed by atoms with E-state index in [1.807, 2.05) is 0 Å². The largest absolute Gasteiger partial charge is 0.481 e. The first-order valence-electron chi connectivity index (χ1n) is 7.03. The van der Waals surface area contributed by atoms with Crippen molar-refractivity contribution in [2.24, 2.45) is 0 Å². The van der Waals surface area contributed by atoms with E-state index in [0.29, 0.717) is 16.5 Å². The summed E-state index contributed by atoms with van der Waals surface area (Å²) in [4.78, 5) is 34.8. The minimum absolute atomic E-state index is 0.0333. The maximum Gasteiger partial charge on any atom is 0.352 e. The maximum absolute atomic E-state index is 12.5. The summed E-state index contributed by atoms with van der Waals surface area (Å²) in [5, 5.41) is 18.7. The van der Waals surface area contributed by atoms with Gasteiger partial charge < -0.3 is 14.8 Å². The smallest absolute Gasteiger partial charge is 0.352 e. The highest BCUT2D eigenvalue weighted by Gasteiger charge is 2.30. The predicted octanol–water partition coefficient (Wildman–Crippen LogP) is 1.97. The van der Waals surface area contributed by atoms with Gasteiger partial charge >= 0.3 is 11.9 Å². The van der Waals surface area contributed by atoms with Crippen molar-refractivity contribution in [1.29, 1.82) is 0 Å². The predicted molar refractivity (Wildman–Crippen MR) is 79.5 cm³/mol. The molecule has 2 aromatic rings. The van der Waals surface area contributed by atoms with E-state index in [0.717, 1.165) is 12.8 Å². The fourth-order valence-electron chi connectivity index (χ4n) is 2.85. The van der Waals surface area contributed by atoms with Crippen molar-refractivity contribution in [3.05, 3.63) is 45.2 Å². The lowest BCUT2D eigenvalue weighted by Crippen LogP contribution is -2.22. The van der Waals surface area contributed by atoms with Gasteiger partial charge in [0.05, 0.1) is 11.9 Å². The molecule has 6 nitrogen and oxygen atoms in total. The van der Waals surface area contributed by atoms with Gasteiger partial charge in [-0.3, -0.25) is 9.59 Å². The number of carboxylic acids is 2. The highest BCUT2D eigenvalue weighted by molar-refractivity contribution is 5.93.